The van der Waals surface area contributed by atoms with Crippen molar-refractivity contribution < 1.29 is 28.5 Å². The molecule has 3 rings (SSSR count). The number of hydrogen-bond acceptors (Lipinski definition) is 6. The molecule has 2 aromatic carbocycles. The van der Waals surface area contributed by atoms with E-state index in [-0.39, 0.29) is 24.3 Å². The normalized spacial score (nSPS) is 13.9. The fraction of sp³-hybridized carbons (Fsp3) is 0.417. The van der Waals surface area contributed by atoms with Crippen LogP contribution in [0.25, 0.3) is 0 Å². The standard InChI is InChI=1S/C24H30N2O6/c1-29-19-7-5-16(13-21(19)31-3)14-23(27)25-18-9-11-26(12-10-18)24(28)17-6-8-20(30-2)22(15-17)32-4/h5-8,13,15,18H,9-12,14H2,1-4H3,(H,25,27). The minimum Gasteiger partial charge on any atom is -0.493 e. The smallest absolute Gasteiger partial charge is 0.253 e. The first-order valence-corrected chi connectivity index (χ1v) is 10.5. The predicted octanol–water partition coefficient (Wildman–Crippen LogP) is 2.68. The van der Waals surface area contributed by atoms with Crippen LogP contribution in [0, 0.1) is 0 Å². The molecule has 0 saturated carbocycles. The van der Waals surface area contributed by atoms with E-state index in [0.717, 1.165) is 5.56 Å². The van der Waals surface area contributed by atoms with Crippen molar-refractivity contribution in [1.82, 2.24) is 10.2 Å². The van der Waals surface area contributed by atoms with Crippen LogP contribution in [0.15, 0.2) is 36.4 Å². The van der Waals surface area contributed by atoms with Gasteiger partial charge in [-0.1, -0.05) is 6.07 Å². The molecule has 0 atom stereocenters. The molecule has 172 valence electrons. The van der Waals surface area contributed by atoms with Gasteiger partial charge in [-0.25, -0.2) is 0 Å². The number of ether oxygens (including phenoxy) is 4. The molecular weight excluding hydrogens is 412 g/mol. The van der Waals surface area contributed by atoms with Gasteiger partial charge in [0, 0.05) is 24.7 Å². The molecule has 1 aliphatic heterocycles. The van der Waals surface area contributed by atoms with Crippen molar-refractivity contribution in [2.75, 3.05) is 41.5 Å². The van der Waals surface area contributed by atoms with Gasteiger partial charge < -0.3 is 29.2 Å². The zero-order chi connectivity index (χ0) is 23.1. The summed E-state index contributed by atoms with van der Waals surface area (Å²) in [5.74, 6) is 2.22. The zero-order valence-electron chi connectivity index (χ0n) is 19.0. The van der Waals surface area contributed by atoms with Crippen molar-refractivity contribution in [3.05, 3.63) is 47.5 Å². The second kappa shape index (κ2) is 10.7. The first kappa shape index (κ1) is 23.2. The summed E-state index contributed by atoms with van der Waals surface area (Å²) in [7, 11) is 6.25. The summed E-state index contributed by atoms with van der Waals surface area (Å²) in [6, 6.07) is 10.6. The zero-order valence-corrected chi connectivity index (χ0v) is 19.0. The molecule has 1 fully saturated rings. The number of carbonyl (C=O) groups is 2. The lowest BCUT2D eigenvalue weighted by Crippen LogP contribution is -2.46. The molecule has 8 heteroatoms. The summed E-state index contributed by atoms with van der Waals surface area (Å²) < 4.78 is 21.1. The highest BCUT2D eigenvalue weighted by molar-refractivity contribution is 5.95. The molecule has 1 aliphatic rings. The van der Waals surface area contributed by atoms with E-state index in [1.807, 2.05) is 12.1 Å². The Balaban J connectivity index is 1.52. The quantitative estimate of drug-likeness (QED) is 0.677. The lowest BCUT2D eigenvalue weighted by Gasteiger charge is -2.32. The van der Waals surface area contributed by atoms with Crippen molar-refractivity contribution in [2.24, 2.45) is 0 Å². The number of likely N-dealkylation sites (tertiary alicyclic amines) is 1. The summed E-state index contributed by atoms with van der Waals surface area (Å²) in [4.78, 5) is 27.2. The maximum absolute atomic E-state index is 12.9. The Hall–Kier alpha value is -3.42. The van der Waals surface area contributed by atoms with E-state index in [2.05, 4.69) is 5.32 Å². The second-order valence-corrected chi connectivity index (χ2v) is 7.57. The third-order valence-corrected chi connectivity index (χ3v) is 5.59. The average Bonchev–Trinajstić information content (AvgIpc) is 2.83. The van der Waals surface area contributed by atoms with Crippen LogP contribution in [-0.4, -0.2) is 64.3 Å². The van der Waals surface area contributed by atoms with Crippen molar-refractivity contribution in [1.29, 1.82) is 0 Å². The van der Waals surface area contributed by atoms with Gasteiger partial charge in [-0.05, 0) is 48.7 Å². The van der Waals surface area contributed by atoms with Crippen molar-refractivity contribution in [3.63, 3.8) is 0 Å². The summed E-state index contributed by atoms with van der Waals surface area (Å²) in [6.07, 6.45) is 1.67. The molecule has 0 radical (unpaired) electrons. The van der Waals surface area contributed by atoms with E-state index in [9.17, 15) is 9.59 Å². The number of rotatable bonds is 8. The SMILES string of the molecule is COc1ccc(CC(=O)NC2CCN(C(=O)c3ccc(OC)c(OC)c3)CC2)cc1OC. The maximum Gasteiger partial charge on any atom is 0.253 e. The lowest BCUT2D eigenvalue weighted by atomic mass is 10.0. The monoisotopic (exact) mass is 442 g/mol. The molecule has 8 nitrogen and oxygen atoms in total. The molecule has 2 aromatic rings. The summed E-state index contributed by atoms with van der Waals surface area (Å²) >= 11 is 0. The summed E-state index contributed by atoms with van der Waals surface area (Å²) in [5.41, 5.74) is 1.40. The topological polar surface area (TPSA) is 86.3 Å². The van der Waals surface area contributed by atoms with Gasteiger partial charge in [0.25, 0.3) is 5.91 Å². The minimum absolute atomic E-state index is 0.0390. The molecule has 0 aliphatic carbocycles. The molecule has 0 spiro atoms. The van der Waals surface area contributed by atoms with Crippen LogP contribution < -0.4 is 24.3 Å². The molecule has 1 saturated heterocycles. The molecule has 0 aromatic heterocycles. The van der Waals surface area contributed by atoms with E-state index < -0.39 is 0 Å². The molecule has 0 bridgehead atoms. The number of piperidine rings is 1. The second-order valence-electron chi connectivity index (χ2n) is 7.57. The third kappa shape index (κ3) is 5.43. The Morgan fingerprint density at radius 1 is 0.844 bits per heavy atom. The number of hydrogen-bond donors (Lipinski definition) is 1. The highest BCUT2D eigenvalue weighted by Gasteiger charge is 2.25. The Morgan fingerprint density at radius 3 is 2.00 bits per heavy atom. The Bertz CT molecular complexity index is 954. The third-order valence-electron chi connectivity index (χ3n) is 5.59. The van der Waals surface area contributed by atoms with Crippen LogP contribution in [0.2, 0.25) is 0 Å². The number of nitrogens with zero attached hydrogens (tertiary/aromatic N) is 1. The van der Waals surface area contributed by atoms with Gasteiger partial charge >= 0.3 is 0 Å². The minimum atomic E-state index is -0.0546. The number of benzene rings is 2. The van der Waals surface area contributed by atoms with Gasteiger partial charge in [0.2, 0.25) is 5.91 Å². The van der Waals surface area contributed by atoms with E-state index in [1.165, 1.54) is 0 Å². The van der Waals surface area contributed by atoms with Gasteiger partial charge in [-0.15, -0.1) is 0 Å². The number of amides is 2. The highest BCUT2D eigenvalue weighted by atomic mass is 16.5. The van der Waals surface area contributed by atoms with Crippen molar-refractivity contribution in [2.45, 2.75) is 25.3 Å². The van der Waals surface area contributed by atoms with Gasteiger partial charge in [0.05, 0.1) is 34.9 Å². The first-order chi connectivity index (χ1) is 15.5. The van der Waals surface area contributed by atoms with Crippen LogP contribution >= 0.6 is 0 Å². The van der Waals surface area contributed by atoms with E-state index in [1.54, 1.807) is 57.6 Å². The largest absolute Gasteiger partial charge is 0.493 e. The summed E-state index contributed by atoms with van der Waals surface area (Å²) in [6.45, 7) is 1.16. The predicted molar refractivity (Wildman–Crippen MR) is 120 cm³/mol. The van der Waals surface area contributed by atoms with E-state index in [0.29, 0.717) is 54.5 Å². The van der Waals surface area contributed by atoms with Gasteiger partial charge in [-0.3, -0.25) is 9.59 Å². The maximum atomic E-state index is 12.9. The fourth-order valence-electron chi connectivity index (χ4n) is 3.83. The fourth-order valence-corrected chi connectivity index (χ4v) is 3.83. The molecule has 1 N–H and O–H groups in total. The molecule has 2 amide bonds. The van der Waals surface area contributed by atoms with E-state index in [4.69, 9.17) is 18.9 Å². The number of nitrogens with one attached hydrogen (secondary N) is 1. The molecular formula is C24H30N2O6. The average molecular weight is 443 g/mol. The Morgan fingerprint density at radius 2 is 1.41 bits per heavy atom. The van der Waals surface area contributed by atoms with Crippen molar-refractivity contribution >= 4 is 11.8 Å². The number of carbonyl (C=O) groups excluding carboxylic acids is 2. The van der Waals surface area contributed by atoms with Gasteiger partial charge in [0.1, 0.15) is 0 Å². The van der Waals surface area contributed by atoms with Gasteiger partial charge in [-0.2, -0.15) is 0 Å². The van der Waals surface area contributed by atoms with Crippen LogP contribution in [0.5, 0.6) is 23.0 Å². The lowest BCUT2D eigenvalue weighted by molar-refractivity contribution is -0.121. The Labute approximate surface area is 188 Å². The van der Waals surface area contributed by atoms with Crippen LogP contribution in [-0.2, 0) is 11.2 Å². The first-order valence-electron chi connectivity index (χ1n) is 10.5. The Kier molecular flexibility index (Phi) is 7.81. The molecule has 32 heavy (non-hydrogen) atoms. The van der Waals surface area contributed by atoms with Crippen LogP contribution in [0.1, 0.15) is 28.8 Å². The van der Waals surface area contributed by atoms with Crippen molar-refractivity contribution in [3.8, 4) is 23.0 Å². The van der Waals surface area contributed by atoms with Gasteiger partial charge in [0.15, 0.2) is 23.0 Å². The molecule has 0 unspecified atom stereocenters. The highest BCUT2D eigenvalue weighted by Crippen LogP contribution is 2.29. The number of methoxy groups -OCH3 is 4. The van der Waals surface area contributed by atoms with E-state index >= 15 is 0 Å². The molecule has 1 heterocycles. The summed E-state index contributed by atoms with van der Waals surface area (Å²) in [5, 5.41) is 3.08. The van der Waals surface area contributed by atoms with Crippen LogP contribution in [0.3, 0.4) is 0 Å². The van der Waals surface area contributed by atoms with Crippen LogP contribution in [0.4, 0.5) is 0 Å².